The number of ether oxygens (including phenoxy) is 1. The smallest absolute Gasteiger partial charge is 0.317 e. The number of oxazole rings is 1. The van der Waals surface area contributed by atoms with E-state index in [1.54, 1.807) is 13.3 Å². The average molecular weight is 347 g/mol. The van der Waals surface area contributed by atoms with Crippen LogP contribution < -0.4 is 5.32 Å². The summed E-state index contributed by atoms with van der Waals surface area (Å²) < 4.78 is 12.6. The lowest BCUT2D eigenvalue weighted by atomic mass is 10.1. The number of nitrogens with zero attached hydrogens (tertiary/aromatic N) is 4. The van der Waals surface area contributed by atoms with Crippen LogP contribution in [0.4, 0.5) is 4.79 Å². The van der Waals surface area contributed by atoms with Gasteiger partial charge in [-0.2, -0.15) is 5.10 Å². The van der Waals surface area contributed by atoms with Crippen LogP contribution in [-0.2, 0) is 24.2 Å². The molecule has 2 aromatic rings. The minimum atomic E-state index is -0.0551. The van der Waals surface area contributed by atoms with Crippen LogP contribution in [0, 0.1) is 6.92 Å². The summed E-state index contributed by atoms with van der Waals surface area (Å²) >= 11 is 0. The third-order valence-electron chi connectivity index (χ3n) is 4.35. The Hall–Kier alpha value is -2.35. The maximum absolute atomic E-state index is 12.4. The summed E-state index contributed by atoms with van der Waals surface area (Å²) in [5, 5.41) is 7.60. The minimum absolute atomic E-state index is 0.0551. The molecule has 8 heteroatoms. The summed E-state index contributed by atoms with van der Waals surface area (Å²) in [4.78, 5) is 18.5. The maximum Gasteiger partial charge on any atom is 0.317 e. The molecule has 25 heavy (non-hydrogen) atoms. The monoisotopic (exact) mass is 347 g/mol. The van der Waals surface area contributed by atoms with E-state index in [0.717, 1.165) is 42.1 Å². The van der Waals surface area contributed by atoms with Gasteiger partial charge in [0.05, 0.1) is 12.7 Å². The molecule has 0 fully saturated rings. The number of nitrogens with one attached hydrogen (secondary N) is 1. The number of carbonyl (C=O) groups excluding carboxylic acids is 1. The molecule has 3 heterocycles. The van der Waals surface area contributed by atoms with Crippen molar-refractivity contribution in [2.75, 3.05) is 26.8 Å². The highest BCUT2D eigenvalue weighted by Gasteiger charge is 2.29. The zero-order valence-electron chi connectivity index (χ0n) is 15.0. The number of methoxy groups -OCH3 is 1. The molecular formula is C17H25N5O3. The Labute approximate surface area is 147 Å². The fourth-order valence-electron chi connectivity index (χ4n) is 3.09. The van der Waals surface area contributed by atoms with Crippen LogP contribution >= 0.6 is 0 Å². The first-order valence-corrected chi connectivity index (χ1v) is 8.67. The normalized spacial score (nSPS) is 13.8. The Morgan fingerprint density at radius 3 is 3.00 bits per heavy atom. The molecule has 0 aromatic carbocycles. The van der Waals surface area contributed by atoms with Gasteiger partial charge in [-0.05, 0) is 20.3 Å². The van der Waals surface area contributed by atoms with Crippen LogP contribution in [0.25, 0.3) is 11.6 Å². The van der Waals surface area contributed by atoms with Crippen molar-refractivity contribution in [3.8, 4) is 11.6 Å². The van der Waals surface area contributed by atoms with E-state index >= 15 is 0 Å². The van der Waals surface area contributed by atoms with Gasteiger partial charge < -0.3 is 19.4 Å². The number of rotatable bonds is 6. The average Bonchev–Trinajstić information content (AvgIpc) is 3.21. The Bertz CT molecular complexity index is 737. The standard InChI is InChI=1S/C17H25N5O3/c1-4-22-14-6-8-21(17(23)18-7-5-9-24-3)11-13(14)15(20-22)16-19-10-12(2)25-16/h10H,4-9,11H2,1-3H3,(H,18,23). The summed E-state index contributed by atoms with van der Waals surface area (Å²) in [6.07, 6.45) is 3.27. The molecule has 1 aliphatic heterocycles. The third kappa shape index (κ3) is 3.68. The van der Waals surface area contributed by atoms with Crippen molar-refractivity contribution < 1.29 is 13.9 Å². The zero-order chi connectivity index (χ0) is 17.8. The lowest BCUT2D eigenvalue weighted by molar-refractivity contribution is 0.181. The number of amides is 2. The second kappa shape index (κ2) is 7.69. The fourth-order valence-corrected chi connectivity index (χ4v) is 3.09. The number of hydrogen-bond acceptors (Lipinski definition) is 5. The van der Waals surface area contributed by atoms with Crippen LogP contribution in [0.2, 0.25) is 0 Å². The predicted molar refractivity (Wildman–Crippen MR) is 92.1 cm³/mol. The topological polar surface area (TPSA) is 85.4 Å². The molecule has 0 spiro atoms. The zero-order valence-corrected chi connectivity index (χ0v) is 15.0. The Balaban J connectivity index is 1.77. The molecule has 8 nitrogen and oxygen atoms in total. The molecular weight excluding hydrogens is 322 g/mol. The van der Waals surface area contributed by atoms with E-state index < -0.39 is 0 Å². The van der Waals surface area contributed by atoms with E-state index in [0.29, 0.717) is 32.1 Å². The van der Waals surface area contributed by atoms with Gasteiger partial charge >= 0.3 is 6.03 Å². The van der Waals surface area contributed by atoms with E-state index in [-0.39, 0.29) is 6.03 Å². The number of urea groups is 1. The Morgan fingerprint density at radius 2 is 2.32 bits per heavy atom. The highest BCUT2D eigenvalue weighted by molar-refractivity contribution is 5.75. The molecule has 0 unspecified atom stereocenters. The van der Waals surface area contributed by atoms with Gasteiger partial charge in [0.1, 0.15) is 5.76 Å². The molecule has 0 radical (unpaired) electrons. The van der Waals surface area contributed by atoms with Crippen LogP contribution in [0.1, 0.15) is 30.4 Å². The predicted octanol–water partition coefficient (Wildman–Crippen LogP) is 1.97. The molecule has 3 rings (SSSR count). The molecule has 0 atom stereocenters. The first-order chi connectivity index (χ1) is 12.1. The second-order valence-electron chi connectivity index (χ2n) is 6.12. The number of fused-ring (bicyclic) bond motifs is 1. The van der Waals surface area contributed by atoms with Crippen molar-refractivity contribution >= 4 is 6.03 Å². The van der Waals surface area contributed by atoms with E-state index in [2.05, 4.69) is 22.3 Å². The second-order valence-corrected chi connectivity index (χ2v) is 6.12. The van der Waals surface area contributed by atoms with Gasteiger partial charge in [-0.15, -0.1) is 0 Å². The lowest BCUT2D eigenvalue weighted by Gasteiger charge is -2.27. The van der Waals surface area contributed by atoms with Gasteiger partial charge in [-0.1, -0.05) is 0 Å². The summed E-state index contributed by atoms with van der Waals surface area (Å²) in [5.74, 6) is 1.27. The van der Waals surface area contributed by atoms with E-state index in [4.69, 9.17) is 9.15 Å². The molecule has 1 N–H and O–H groups in total. The van der Waals surface area contributed by atoms with Crippen molar-refractivity contribution in [1.82, 2.24) is 25.0 Å². The van der Waals surface area contributed by atoms with Gasteiger partial charge in [-0.3, -0.25) is 4.68 Å². The minimum Gasteiger partial charge on any atom is -0.440 e. The van der Waals surface area contributed by atoms with Crippen molar-refractivity contribution in [2.45, 2.75) is 39.8 Å². The SMILES string of the molecule is CCn1nc(-c2ncc(C)o2)c2c1CCN(C(=O)NCCCOC)C2. The molecule has 0 saturated carbocycles. The van der Waals surface area contributed by atoms with Crippen LogP contribution in [0.3, 0.4) is 0 Å². The Morgan fingerprint density at radius 1 is 1.48 bits per heavy atom. The Kier molecular flexibility index (Phi) is 5.37. The largest absolute Gasteiger partial charge is 0.440 e. The summed E-state index contributed by atoms with van der Waals surface area (Å²) in [6.45, 7) is 7.15. The first kappa shape index (κ1) is 17.5. The molecule has 0 bridgehead atoms. The molecule has 2 amide bonds. The summed E-state index contributed by atoms with van der Waals surface area (Å²) in [7, 11) is 1.66. The van der Waals surface area contributed by atoms with Crippen LogP contribution in [0.15, 0.2) is 10.6 Å². The number of aryl methyl sites for hydroxylation is 2. The van der Waals surface area contributed by atoms with Crippen molar-refractivity contribution in [1.29, 1.82) is 0 Å². The summed E-state index contributed by atoms with van der Waals surface area (Å²) in [6, 6.07) is -0.0551. The van der Waals surface area contributed by atoms with Gasteiger partial charge in [0.15, 0.2) is 5.69 Å². The van der Waals surface area contributed by atoms with Gasteiger partial charge in [0, 0.05) is 51.0 Å². The number of carbonyl (C=O) groups is 1. The van der Waals surface area contributed by atoms with E-state index in [1.807, 2.05) is 16.5 Å². The highest BCUT2D eigenvalue weighted by atomic mass is 16.5. The van der Waals surface area contributed by atoms with Gasteiger partial charge in [0.2, 0.25) is 5.89 Å². The fraction of sp³-hybridized carbons (Fsp3) is 0.588. The number of aromatic nitrogens is 3. The van der Waals surface area contributed by atoms with Crippen LogP contribution in [-0.4, -0.2) is 52.5 Å². The molecule has 0 saturated heterocycles. The lowest BCUT2D eigenvalue weighted by Crippen LogP contribution is -2.43. The quantitative estimate of drug-likeness (QED) is 0.808. The van der Waals surface area contributed by atoms with Crippen molar-refractivity contribution in [2.24, 2.45) is 0 Å². The first-order valence-electron chi connectivity index (χ1n) is 8.67. The maximum atomic E-state index is 12.4. The van der Waals surface area contributed by atoms with Gasteiger partial charge in [-0.25, -0.2) is 9.78 Å². The van der Waals surface area contributed by atoms with E-state index in [1.165, 1.54) is 0 Å². The van der Waals surface area contributed by atoms with Crippen molar-refractivity contribution in [3.05, 3.63) is 23.2 Å². The molecule has 1 aliphatic rings. The number of hydrogen-bond donors (Lipinski definition) is 1. The van der Waals surface area contributed by atoms with E-state index in [9.17, 15) is 4.79 Å². The van der Waals surface area contributed by atoms with Crippen molar-refractivity contribution in [3.63, 3.8) is 0 Å². The highest BCUT2D eigenvalue weighted by Crippen LogP contribution is 2.29. The third-order valence-corrected chi connectivity index (χ3v) is 4.35. The molecule has 0 aliphatic carbocycles. The summed E-state index contributed by atoms with van der Waals surface area (Å²) in [5.41, 5.74) is 2.93. The molecule has 2 aromatic heterocycles. The van der Waals surface area contributed by atoms with Crippen LogP contribution in [0.5, 0.6) is 0 Å². The van der Waals surface area contributed by atoms with Gasteiger partial charge in [0.25, 0.3) is 0 Å². The molecule has 136 valence electrons.